The molecule has 0 bridgehead atoms. The van der Waals surface area contributed by atoms with Gasteiger partial charge in [0.1, 0.15) is 0 Å². The molecule has 2 nitrogen and oxygen atoms in total. The average molecular weight is 815 g/mol. The molecule has 2 aromatic carbocycles. The van der Waals surface area contributed by atoms with Crippen LogP contribution in [0.2, 0.25) is 0 Å². The number of benzene rings is 2. The van der Waals surface area contributed by atoms with Crippen LogP contribution in [0.5, 0.6) is 23.0 Å². The minimum absolute atomic E-state index is 0.580. The third-order valence-electron chi connectivity index (χ3n) is 2.77. The second-order valence-corrected chi connectivity index (χ2v) is 10.4. The van der Waals surface area contributed by atoms with Gasteiger partial charge in [-0.1, -0.05) is 0 Å². The van der Waals surface area contributed by atoms with Gasteiger partial charge in [0.2, 0.25) is 0 Å². The summed E-state index contributed by atoms with van der Waals surface area (Å²) in [4.78, 5) is 0. The predicted molar refractivity (Wildman–Crippen MR) is 115 cm³/mol. The van der Waals surface area contributed by atoms with Crippen LogP contribution in [-0.4, -0.2) is 0 Å². The van der Waals surface area contributed by atoms with Gasteiger partial charge in [-0.05, 0) is 127 Å². The molecule has 22 heavy (non-hydrogen) atoms. The van der Waals surface area contributed by atoms with Gasteiger partial charge in [-0.3, -0.25) is 0 Å². The number of ether oxygens (including phenoxy) is 2. The van der Waals surface area contributed by atoms with Crippen molar-refractivity contribution in [2.45, 2.75) is 0 Å². The van der Waals surface area contributed by atoms with Crippen molar-refractivity contribution in [2.75, 3.05) is 0 Å². The Labute approximate surface area is 193 Å². The highest BCUT2D eigenvalue weighted by atomic mass is 79.9. The molecule has 0 atom stereocenters. The van der Waals surface area contributed by atoms with Gasteiger partial charge in [0.25, 0.3) is 0 Å². The normalized spacial score (nSPS) is 12.4. The van der Waals surface area contributed by atoms with Crippen LogP contribution in [-0.2, 0) is 0 Å². The summed E-state index contributed by atoms with van der Waals surface area (Å²) in [5.74, 6) is 2.32. The first kappa shape index (κ1) is 18.7. The summed E-state index contributed by atoms with van der Waals surface area (Å²) in [6, 6.07) is 0. The highest BCUT2D eigenvalue weighted by Gasteiger charge is 2.32. The molecule has 1 aliphatic rings. The first-order chi connectivity index (χ1) is 10.3. The molecule has 0 aromatic heterocycles. The quantitative estimate of drug-likeness (QED) is 0.166. The molecular weight excluding hydrogens is 815 g/mol. The zero-order valence-electron chi connectivity index (χ0n) is 9.84. The van der Waals surface area contributed by atoms with Gasteiger partial charge in [-0.2, -0.15) is 0 Å². The van der Waals surface area contributed by atoms with Crippen LogP contribution < -0.4 is 9.47 Å². The predicted octanol–water partition coefficient (Wildman–Crippen LogP) is 9.68. The SMILES string of the molecule is Brc1c(Br)c(Br)c2c(c1Br)Oc1c(Br)c(Br)c(Br)c(Br)c1O2. The number of halogens is 8. The van der Waals surface area contributed by atoms with Gasteiger partial charge in [-0.15, -0.1) is 0 Å². The number of rotatable bonds is 0. The maximum absolute atomic E-state index is 6.09. The van der Waals surface area contributed by atoms with Gasteiger partial charge in [0.05, 0.1) is 35.8 Å². The average Bonchev–Trinajstić information content (AvgIpc) is 2.52. The molecule has 1 aliphatic heterocycles. The first-order valence-electron chi connectivity index (χ1n) is 5.33. The lowest BCUT2D eigenvalue weighted by molar-refractivity contribution is 0.351. The van der Waals surface area contributed by atoms with Gasteiger partial charge in [-0.25, -0.2) is 0 Å². The van der Waals surface area contributed by atoms with Crippen molar-refractivity contribution in [2.24, 2.45) is 0 Å². The van der Waals surface area contributed by atoms with Gasteiger partial charge in [0, 0.05) is 0 Å². The summed E-state index contributed by atoms with van der Waals surface area (Å²) < 4.78 is 18.5. The van der Waals surface area contributed by atoms with E-state index in [4.69, 9.17) is 9.47 Å². The smallest absolute Gasteiger partial charge is 0.186 e. The molecule has 116 valence electrons. The van der Waals surface area contributed by atoms with Gasteiger partial charge < -0.3 is 9.47 Å². The number of hydrogen-bond acceptors (Lipinski definition) is 2. The standard InChI is InChI=1S/C12Br8O2/c13-1-2(14)6(18)10-9(5(1)17)21-11-7(19)3(15)4(16)8(20)12(11)22-10. The molecule has 0 radical (unpaired) electrons. The molecule has 0 amide bonds. The summed E-state index contributed by atoms with van der Waals surface area (Å²) in [6.45, 7) is 0. The second-order valence-electron chi connectivity index (χ2n) is 4.03. The van der Waals surface area contributed by atoms with E-state index in [9.17, 15) is 0 Å². The molecule has 1 heterocycles. The summed E-state index contributed by atoms with van der Waals surface area (Å²) in [7, 11) is 0. The lowest BCUT2D eigenvalue weighted by Crippen LogP contribution is -2.04. The topological polar surface area (TPSA) is 18.5 Å². The van der Waals surface area contributed by atoms with Crippen LogP contribution in [0.1, 0.15) is 0 Å². The summed E-state index contributed by atoms with van der Waals surface area (Å²) in [5.41, 5.74) is 0. The lowest BCUT2D eigenvalue weighted by atomic mass is 10.2. The van der Waals surface area contributed by atoms with Crippen LogP contribution >= 0.6 is 127 Å². The fourth-order valence-corrected chi connectivity index (χ4v) is 6.17. The van der Waals surface area contributed by atoms with Crippen LogP contribution in [0.25, 0.3) is 0 Å². The first-order valence-corrected chi connectivity index (χ1v) is 11.7. The molecule has 10 heteroatoms. The van der Waals surface area contributed by atoms with Crippen molar-refractivity contribution in [1.29, 1.82) is 0 Å². The van der Waals surface area contributed by atoms with Crippen LogP contribution in [0.4, 0.5) is 0 Å². The lowest BCUT2D eigenvalue weighted by Gasteiger charge is -2.26. The third kappa shape index (κ3) is 2.85. The largest absolute Gasteiger partial charge is 0.447 e. The highest BCUT2D eigenvalue weighted by Crippen LogP contribution is 2.61. The molecule has 0 aliphatic carbocycles. The Balaban J connectivity index is 2.32. The maximum atomic E-state index is 6.09. The molecule has 0 N–H and O–H groups in total. The molecule has 0 saturated heterocycles. The Bertz CT molecular complexity index is 698. The van der Waals surface area contributed by atoms with Crippen molar-refractivity contribution in [3.8, 4) is 23.0 Å². The molecule has 3 rings (SSSR count). The summed E-state index contributed by atoms with van der Waals surface area (Å²) in [6.07, 6.45) is 0. The maximum Gasteiger partial charge on any atom is 0.186 e. The second kappa shape index (κ2) is 6.89. The van der Waals surface area contributed by atoms with Gasteiger partial charge in [0.15, 0.2) is 23.0 Å². The Kier molecular flexibility index (Phi) is 5.84. The minimum atomic E-state index is 0.580. The van der Waals surface area contributed by atoms with Crippen molar-refractivity contribution < 1.29 is 9.47 Å². The summed E-state index contributed by atoms with van der Waals surface area (Å²) in [5, 5.41) is 0. The third-order valence-corrected chi connectivity index (χ3v) is 12.2. The van der Waals surface area contributed by atoms with E-state index in [-0.39, 0.29) is 0 Å². The zero-order valence-corrected chi connectivity index (χ0v) is 22.5. The van der Waals surface area contributed by atoms with E-state index in [0.717, 1.165) is 35.8 Å². The highest BCUT2D eigenvalue weighted by molar-refractivity contribution is 9.15. The molecular formula is C12Br8O2. The summed E-state index contributed by atoms with van der Waals surface area (Å²) >= 11 is 28.2. The van der Waals surface area contributed by atoms with Crippen molar-refractivity contribution in [3.63, 3.8) is 0 Å². The Morgan fingerprint density at radius 1 is 0.318 bits per heavy atom. The Morgan fingerprint density at radius 3 is 0.682 bits per heavy atom. The molecule has 0 fully saturated rings. The number of fused-ring (bicyclic) bond motifs is 2. The van der Waals surface area contributed by atoms with Crippen molar-refractivity contribution in [1.82, 2.24) is 0 Å². The van der Waals surface area contributed by atoms with E-state index < -0.39 is 0 Å². The van der Waals surface area contributed by atoms with Crippen molar-refractivity contribution in [3.05, 3.63) is 35.8 Å². The molecule has 0 saturated carbocycles. The fraction of sp³-hybridized carbons (Fsp3) is 0. The number of hydrogen-bond donors (Lipinski definition) is 0. The van der Waals surface area contributed by atoms with E-state index in [1.165, 1.54) is 0 Å². The van der Waals surface area contributed by atoms with E-state index in [1.54, 1.807) is 0 Å². The van der Waals surface area contributed by atoms with Crippen molar-refractivity contribution >= 4 is 127 Å². The van der Waals surface area contributed by atoms with Gasteiger partial charge >= 0.3 is 0 Å². The van der Waals surface area contributed by atoms with E-state index in [1.807, 2.05) is 0 Å². The van der Waals surface area contributed by atoms with E-state index in [0.29, 0.717) is 23.0 Å². The molecule has 0 spiro atoms. The van der Waals surface area contributed by atoms with E-state index >= 15 is 0 Å². The molecule has 0 unspecified atom stereocenters. The Hall–Kier alpha value is 1.88. The monoisotopic (exact) mass is 807 g/mol. The Morgan fingerprint density at radius 2 is 0.500 bits per heavy atom. The minimum Gasteiger partial charge on any atom is -0.447 e. The van der Waals surface area contributed by atoms with E-state index in [2.05, 4.69) is 127 Å². The fourth-order valence-electron chi connectivity index (χ4n) is 1.75. The molecule has 2 aromatic rings. The van der Waals surface area contributed by atoms with Crippen LogP contribution in [0, 0.1) is 0 Å². The van der Waals surface area contributed by atoms with Crippen LogP contribution in [0.15, 0.2) is 35.8 Å². The van der Waals surface area contributed by atoms with Crippen LogP contribution in [0.3, 0.4) is 0 Å². The zero-order chi connectivity index (χ0) is 16.3.